The number of carbonyl (C=O) groups excluding carboxylic acids is 1. The molecule has 11 heteroatoms. The molecule has 1 saturated heterocycles. The second-order valence-corrected chi connectivity index (χ2v) is 8.85. The van der Waals surface area contributed by atoms with Crippen molar-refractivity contribution >= 4 is 34.5 Å². The zero-order valence-corrected chi connectivity index (χ0v) is 19.6. The van der Waals surface area contributed by atoms with Crippen LogP contribution < -0.4 is 10.2 Å². The average Bonchev–Trinajstić information content (AvgIpc) is 3.53. The van der Waals surface area contributed by atoms with Crippen LogP contribution in [0.2, 0.25) is 0 Å². The first-order valence-electron chi connectivity index (χ1n) is 11.2. The minimum Gasteiger partial charge on any atom is -0.432 e. The van der Waals surface area contributed by atoms with Crippen LogP contribution in [-0.2, 0) is 11.3 Å². The van der Waals surface area contributed by atoms with Crippen molar-refractivity contribution in [2.24, 2.45) is 0 Å². The number of anilines is 1. The standard InChI is InChI=1S/C23H25N7O3S/c1-2-34-23-27-19(29-10-12-32-13-11-29)17-14-26-30(20(17)28-23)9-8-24-21(31)22-25-15-18(33-22)16-6-4-3-5-7-16/h3-7,14-15H,2,8-13H2,1H3,(H,24,31). The van der Waals surface area contributed by atoms with Gasteiger partial charge in [-0.3, -0.25) is 4.79 Å². The summed E-state index contributed by atoms with van der Waals surface area (Å²) in [6.07, 6.45) is 3.35. The molecule has 0 unspecified atom stereocenters. The smallest absolute Gasteiger partial charge is 0.307 e. The van der Waals surface area contributed by atoms with Gasteiger partial charge in [-0.05, 0) is 5.75 Å². The summed E-state index contributed by atoms with van der Waals surface area (Å²) in [5.74, 6) is 1.97. The Labute approximate surface area is 200 Å². The Morgan fingerprint density at radius 3 is 2.76 bits per heavy atom. The molecule has 10 nitrogen and oxygen atoms in total. The number of rotatable bonds is 8. The number of hydrogen-bond acceptors (Lipinski definition) is 9. The number of hydrogen-bond donors (Lipinski definition) is 1. The second-order valence-electron chi connectivity index (χ2n) is 7.62. The number of thioether (sulfide) groups is 1. The Morgan fingerprint density at radius 1 is 1.15 bits per heavy atom. The van der Waals surface area contributed by atoms with Gasteiger partial charge in [0, 0.05) is 25.2 Å². The summed E-state index contributed by atoms with van der Waals surface area (Å²) < 4.78 is 12.9. The van der Waals surface area contributed by atoms with Gasteiger partial charge >= 0.3 is 5.91 Å². The molecule has 0 bridgehead atoms. The van der Waals surface area contributed by atoms with Gasteiger partial charge in [0.1, 0.15) is 5.82 Å². The van der Waals surface area contributed by atoms with Crippen molar-refractivity contribution < 1.29 is 13.9 Å². The van der Waals surface area contributed by atoms with Crippen molar-refractivity contribution in [3.63, 3.8) is 0 Å². The molecule has 4 aromatic rings. The molecule has 1 amide bonds. The zero-order chi connectivity index (χ0) is 23.3. The lowest BCUT2D eigenvalue weighted by Crippen LogP contribution is -2.37. The SMILES string of the molecule is CCSc1nc(N2CCOCC2)c2cnn(CCNC(=O)c3ncc(-c4ccccc4)o3)c2n1. The molecule has 5 rings (SSSR count). The number of nitrogens with zero attached hydrogens (tertiary/aromatic N) is 6. The number of carbonyl (C=O) groups is 1. The molecule has 34 heavy (non-hydrogen) atoms. The molecule has 1 aromatic carbocycles. The lowest BCUT2D eigenvalue weighted by molar-refractivity contribution is 0.0918. The third-order valence-electron chi connectivity index (χ3n) is 5.41. The van der Waals surface area contributed by atoms with Gasteiger partial charge in [0.2, 0.25) is 0 Å². The van der Waals surface area contributed by atoms with Gasteiger partial charge in [0.05, 0.1) is 37.5 Å². The van der Waals surface area contributed by atoms with Gasteiger partial charge in [0.15, 0.2) is 16.6 Å². The lowest BCUT2D eigenvalue weighted by Gasteiger charge is -2.28. The van der Waals surface area contributed by atoms with Crippen LogP contribution in [-0.4, -0.2) is 69.2 Å². The molecule has 0 atom stereocenters. The first kappa shape index (κ1) is 22.4. The molecule has 4 heterocycles. The number of nitrogens with one attached hydrogen (secondary N) is 1. The molecule has 0 saturated carbocycles. The number of oxazole rings is 1. The molecule has 3 aromatic heterocycles. The van der Waals surface area contributed by atoms with Crippen molar-refractivity contribution in [1.29, 1.82) is 0 Å². The molecule has 1 aliphatic rings. The second kappa shape index (κ2) is 10.2. The van der Waals surface area contributed by atoms with Crippen molar-refractivity contribution in [3.8, 4) is 11.3 Å². The summed E-state index contributed by atoms with van der Waals surface area (Å²) in [5, 5.41) is 8.99. The van der Waals surface area contributed by atoms with Crippen LogP contribution in [0, 0.1) is 0 Å². The maximum absolute atomic E-state index is 12.5. The fourth-order valence-corrected chi connectivity index (χ4v) is 4.32. The van der Waals surface area contributed by atoms with Crippen molar-refractivity contribution in [2.75, 3.05) is 43.5 Å². The van der Waals surface area contributed by atoms with Crippen LogP contribution in [0.3, 0.4) is 0 Å². The van der Waals surface area contributed by atoms with Crippen LogP contribution >= 0.6 is 11.8 Å². The topological polar surface area (TPSA) is 111 Å². The Balaban J connectivity index is 1.29. The molecule has 1 aliphatic heterocycles. The first-order chi connectivity index (χ1) is 16.7. The molecule has 0 radical (unpaired) electrons. The van der Waals surface area contributed by atoms with Crippen LogP contribution in [0.1, 0.15) is 17.6 Å². The summed E-state index contributed by atoms with van der Waals surface area (Å²) in [4.78, 5) is 28.4. The summed E-state index contributed by atoms with van der Waals surface area (Å²) in [5.41, 5.74) is 1.62. The maximum Gasteiger partial charge on any atom is 0.307 e. The highest BCUT2D eigenvalue weighted by molar-refractivity contribution is 7.99. The van der Waals surface area contributed by atoms with Crippen LogP contribution in [0.25, 0.3) is 22.4 Å². The lowest BCUT2D eigenvalue weighted by atomic mass is 10.2. The summed E-state index contributed by atoms with van der Waals surface area (Å²) in [7, 11) is 0. The van der Waals surface area contributed by atoms with Crippen LogP contribution in [0.4, 0.5) is 5.82 Å². The summed E-state index contributed by atoms with van der Waals surface area (Å²) >= 11 is 1.60. The minimum atomic E-state index is -0.371. The van der Waals surface area contributed by atoms with E-state index in [1.165, 1.54) is 0 Å². The van der Waals surface area contributed by atoms with Gasteiger partial charge in [-0.15, -0.1) is 0 Å². The molecule has 0 spiro atoms. The van der Waals surface area contributed by atoms with E-state index < -0.39 is 0 Å². The number of fused-ring (bicyclic) bond motifs is 1. The van der Waals surface area contributed by atoms with Gasteiger partial charge in [-0.1, -0.05) is 49.0 Å². The molecular formula is C23H25N7O3S. The fraction of sp³-hybridized carbons (Fsp3) is 0.348. The number of amides is 1. The molecule has 1 fully saturated rings. The average molecular weight is 480 g/mol. The maximum atomic E-state index is 12.5. The Bertz CT molecular complexity index is 1270. The normalized spacial score (nSPS) is 14.0. The molecular weight excluding hydrogens is 454 g/mol. The predicted molar refractivity (Wildman–Crippen MR) is 129 cm³/mol. The molecule has 1 N–H and O–H groups in total. The van der Waals surface area contributed by atoms with E-state index in [2.05, 4.69) is 27.2 Å². The third kappa shape index (κ3) is 4.75. The molecule has 176 valence electrons. The Kier molecular flexibility index (Phi) is 6.72. The Hall–Kier alpha value is -3.44. The third-order valence-corrected chi connectivity index (χ3v) is 6.14. The highest BCUT2D eigenvalue weighted by Gasteiger charge is 2.20. The van der Waals surface area contributed by atoms with E-state index >= 15 is 0 Å². The van der Waals surface area contributed by atoms with E-state index in [1.807, 2.05) is 30.3 Å². The Morgan fingerprint density at radius 2 is 1.97 bits per heavy atom. The van der Waals surface area contributed by atoms with E-state index in [-0.39, 0.29) is 11.8 Å². The van der Waals surface area contributed by atoms with Gasteiger partial charge in [-0.2, -0.15) is 5.10 Å². The summed E-state index contributed by atoms with van der Waals surface area (Å²) in [6.45, 7) is 5.80. The minimum absolute atomic E-state index is 0.0303. The highest BCUT2D eigenvalue weighted by Crippen LogP contribution is 2.27. The largest absolute Gasteiger partial charge is 0.432 e. The number of benzene rings is 1. The monoisotopic (exact) mass is 479 g/mol. The number of ether oxygens (including phenoxy) is 1. The molecule has 0 aliphatic carbocycles. The fourth-order valence-electron chi connectivity index (χ4n) is 3.76. The number of morpholine rings is 1. The van der Waals surface area contributed by atoms with E-state index in [1.54, 1.807) is 28.8 Å². The first-order valence-corrected chi connectivity index (χ1v) is 12.2. The van der Waals surface area contributed by atoms with E-state index in [0.717, 1.165) is 46.4 Å². The predicted octanol–water partition coefficient (Wildman–Crippen LogP) is 2.86. The van der Waals surface area contributed by atoms with Gasteiger partial charge < -0.3 is 19.4 Å². The van der Waals surface area contributed by atoms with Crippen molar-refractivity contribution in [1.82, 2.24) is 30.0 Å². The van der Waals surface area contributed by atoms with Crippen molar-refractivity contribution in [3.05, 3.63) is 48.6 Å². The number of aromatic nitrogens is 5. The quantitative estimate of drug-likeness (QED) is 0.301. The van der Waals surface area contributed by atoms with Crippen molar-refractivity contribution in [2.45, 2.75) is 18.6 Å². The van der Waals surface area contributed by atoms with E-state index in [9.17, 15) is 4.79 Å². The zero-order valence-electron chi connectivity index (χ0n) is 18.8. The van der Waals surface area contributed by atoms with E-state index in [0.29, 0.717) is 32.1 Å². The highest BCUT2D eigenvalue weighted by atomic mass is 32.2. The van der Waals surface area contributed by atoms with Crippen LogP contribution in [0.15, 0.2) is 52.3 Å². The van der Waals surface area contributed by atoms with Gasteiger partial charge in [0.25, 0.3) is 5.89 Å². The summed E-state index contributed by atoms with van der Waals surface area (Å²) in [6, 6.07) is 9.55. The van der Waals surface area contributed by atoms with Gasteiger partial charge in [-0.25, -0.2) is 19.6 Å². The van der Waals surface area contributed by atoms with Crippen LogP contribution in [0.5, 0.6) is 0 Å². The van der Waals surface area contributed by atoms with E-state index in [4.69, 9.17) is 19.1 Å².